The first-order valence-electron chi connectivity index (χ1n) is 17.1. The molecule has 0 bridgehead atoms. The topological polar surface area (TPSA) is 82.1 Å². The lowest BCUT2D eigenvalue weighted by Gasteiger charge is -2.11. The van der Waals surface area contributed by atoms with E-state index in [1.54, 1.807) is 18.2 Å². The Morgan fingerprint density at radius 3 is 1.51 bits per heavy atom. The summed E-state index contributed by atoms with van der Waals surface area (Å²) < 4.78 is 17.2. The number of unbranched alkanes of at least 4 members (excludes halogenated alkanes) is 13. The van der Waals surface area contributed by atoms with Crippen LogP contribution in [0.5, 0.6) is 17.2 Å². The summed E-state index contributed by atoms with van der Waals surface area (Å²) in [6, 6.07) is 19.6. The van der Waals surface area contributed by atoms with Gasteiger partial charge in [0.1, 0.15) is 22.8 Å². The Hall–Kier alpha value is -3.80. The summed E-state index contributed by atoms with van der Waals surface area (Å²) in [5, 5.41) is 9.73. The van der Waals surface area contributed by atoms with Crippen LogP contribution >= 0.6 is 0 Å². The van der Waals surface area contributed by atoms with Gasteiger partial charge < -0.3 is 19.3 Å². The van der Waals surface area contributed by atoms with Crippen molar-refractivity contribution in [2.75, 3.05) is 13.2 Å². The number of carboxylic acid groups (broad SMARTS) is 1. The molecule has 0 aliphatic rings. The van der Waals surface area contributed by atoms with Crippen molar-refractivity contribution in [1.82, 2.24) is 0 Å². The standard InChI is InChI=1S/C39H52O6/c1-3-5-7-9-11-13-15-16-28-43-34-24-22-32(23-25-34)31-18-20-33(21-19-31)39(42)45-37-27-26-35(30-36(37)38(40)41)44-29-17-14-12-10-8-6-4-2/h18-27,30H,3-17,28-29H2,1-2H3,(H,40,41). The molecule has 0 aliphatic carbocycles. The summed E-state index contributed by atoms with van der Waals surface area (Å²) in [5.41, 5.74) is 2.19. The lowest BCUT2D eigenvalue weighted by Crippen LogP contribution is -2.12. The third-order valence-electron chi connectivity index (χ3n) is 7.98. The Morgan fingerprint density at radius 2 is 1.00 bits per heavy atom. The molecule has 0 aromatic heterocycles. The zero-order valence-corrected chi connectivity index (χ0v) is 27.4. The number of benzene rings is 3. The smallest absolute Gasteiger partial charge is 0.343 e. The van der Waals surface area contributed by atoms with Crippen molar-refractivity contribution in [3.05, 3.63) is 77.9 Å². The van der Waals surface area contributed by atoms with Gasteiger partial charge in [-0.1, -0.05) is 122 Å². The summed E-state index contributed by atoms with van der Waals surface area (Å²) in [6.45, 7) is 5.70. The molecule has 0 atom stereocenters. The number of hydrogen-bond acceptors (Lipinski definition) is 5. The molecular weight excluding hydrogens is 564 g/mol. The summed E-state index contributed by atoms with van der Waals surface area (Å²) in [4.78, 5) is 24.8. The molecule has 0 aliphatic heterocycles. The fourth-order valence-corrected chi connectivity index (χ4v) is 5.23. The van der Waals surface area contributed by atoms with Crippen LogP contribution in [0.4, 0.5) is 0 Å². The van der Waals surface area contributed by atoms with E-state index in [-0.39, 0.29) is 11.3 Å². The van der Waals surface area contributed by atoms with Crippen LogP contribution < -0.4 is 14.2 Å². The molecule has 0 saturated heterocycles. The predicted octanol–water partition coefficient (Wildman–Crippen LogP) is 10.9. The van der Waals surface area contributed by atoms with Crippen molar-refractivity contribution in [1.29, 1.82) is 0 Å². The predicted molar refractivity (Wildman–Crippen MR) is 182 cm³/mol. The van der Waals surface area contributed by atoms with E-state index in [9.17, 15) is 14.7 Å². The zero-order valence-electron chi connectivity index (χ0n) is 27.4. The van der Waals surface area contributed by atoms with E-state index in [0.717, 1.165) is 42.7 Å². The van der Waals surface area contributed by atoms with E-state index in [1.807, 2.05) is 36.4 Å². The first kappa shape index (κ1) is 35.7. The molecular formula is C39H52O6. The molecule has 6 heteroatoms. The number of hydrogen-bond donors (Lipinski definition) is 1. The Balaban J connectivity index is 1.45. The van der Waals surface area contributed by atoms with Gasteiger partial charge in [0, 0.05) is 0 Å². The zero-order chi connectivity index (χ0) is 32.1. The molecule has 3 aromatic carbocycles. The molecule has 3 aromatic rings. The molecule has 0 spiro atoms. The average Bonchev–Trinajstić information content (AvgIpc) is 3.06. The molecule has 0 amide bonds. The molecule has 3 rings (SSSR count). The van der Waals surface area contributed by atoms with E-state index in [2.05, 4.69) is 13.8 Å². The second kappa shape index (κ2) is 21.0. The van der Waals surface area contributed by atoms with Crippen molar-refractivity contribution in [3.8, 4) is 28.4 Å². The van der Waals surface area contributed by atoms with Gasteiger partial charge in [-0.05, 0) is 66.4 Å². The first-order chi connectivity index (χ1) is 22.0. The van der Waals surface area contributed by atoms with Gasteiger partial charge in [0.05, 0.1) is 18.8 Å². The van der Waals surface area contributed by atoms with E-state index >= 15 is 0 Å². The molecule has 45 heavy (non-hydrogen) atoms. The molecule has 0 saturated carbocycles. The lowest BCUT2D eigenvalue weighted by atomic mass is 10.0. The van der Waals surface area contributed by atoms with Crippen molar-refractivity contribution >= 4 is 11.9 Å². The highest BCUT2D eigenvalue weighted by molar-refractivity contribution is 5.96. The maximum absolute atomic E-state index is 12.9. The third-order valence-corrected chi connectivity index (χ3v) is 7.98. The number of ether oxygens (including phenoxy) is 3. The van der Waals surface area contributed by atoms with Crippen LogP contribution in [0.1, 0.15) is 131 Å². The van der Waals surface area contributed by atoms with Crippen molar-refractivity contribution in [2.45, 2.75) is 110 Å². The van der Waals surface area contributed by atoms with E-state index in [1.165, 1.54) is 89.2 Å². The second-order valence-electron chi connectivity index (χ2n) is 11.7. The lowest BCUT2D eigenvalue weighted by molar-refractivity contribution is 0.0680. The minimum absolute atomic E-state index is 0.0117. The monoisotopic (exact) mass is 616 g/mol. The van der Waals surface area contributed by atoms with Crippen LogP contribution in [0.2, 0.25) is 0 Å². The number of carbonyl (C=O) groups is 2. The largest absolute Gasteiger partial charge is 0.494 e. The van der Waals surface area contributed by atoms with E-state index < -0.39 is 11.9 Å². The average molecular weight is 617 g/mol. The highest BCUT2D eigenvalue weighted by Crippen LogP contribution is 2.27. The maximum Gasteiger partial charge on any atom is 0.343 e. The first-order valence-corrected chi connectivity index (χ1v) is 17.1. The molecule has 0 heterocycles. The van der Waals surface area contributed by atoms with Gasteiger partial charge in [-0.25, -0.2) is 9.59 Å². The number of esters is 1. The van der Waals surface area contributed by atoms with Gasteiger partial charge in [-0.2, -0.15) is 0 Å². The fourth-order valence-electron chi connectivity index (χ4n) is 5.23. The number of carbonyl (C=O) groups excluding carboxylic acids is 1. The Labute approximate surface area is 270 Å². The summed E-state index contributed by atoms with van der Waals surface area (Å²) in [6.07, 6.45) is 18.4. The second-order valence-corrected chi connectivity index (χ2v) is 11.7. The third kappa shape index (κ3) is 13.4. The summed E-state index contributed by atoms with van der Waals surface area (Å²) >= 11 is 0. The van der Waals surface area contributed by atoms with Crippen LogP contribution in [-0.2, 0) is 0 Å². The molecule has 244 valence electrons. The minimum atomic E-state index is -1.18. The van der Waals surface area contributed by atoms with Gasteiger partial charge in [0.25, 0.3) is 0 Å². The van der Waals surface area contributed by atoms with Crippen molar-refractivity contribution < 1.29 is 28.9 Å². The van der Waals surface area contributed by atoms with Crippen LogP contribution in [0, 0.1) is 0 Å². The summed E-state index contributed by atoms with van der Waals surface area (Å²) in [5.74, 6) is -0.509. The molecule has 6 nitrogen and oxygen atoms in total. The molecule has 0 unspecified atom stereocenters. The Bertz CT molecular complexity index is 1270. The van der Waals surface area contributed by atoms with Crippen molar-refractivity contribution in [2.24, 2.45) is 0 Å². The Morgan fingerprint density at radius 1 is 0.556 bits per heavy atom. The van der Waals surface area contributed by atoms with Gasteiger partial charge in [-0.3, -0.25) is 0 Å². The van der Waals surface area contributed by atoms with Crippen LogP contribution in [0.3, 0.4) is 0 Å². The maximum atomic E-state index is 12.9. The Kier molecular flexibility index (Phi) is 16.7. The molecule has 1 N–H and O–H groups in total. The SMILES string of the molecule is CCCCCCCCCCOc1ccc(-c2ccc(C(=O)Oc3ccc(OCCCCCCCCC)cc3C(=O)O)cc2)cc1. The van der Waals surface area contributed by atoms with E-state index in [0.29, 0.717) is 17.9 Å². The quantitative estimate of drug-likeness (QED) is 0.0648. The number of carboxylic acids is 1. The van der Waals surface area contributed by atoms with Crippen molar-refractivity contribution in [3.63, 3.8) is 0 Å². The highest BCUT2D eigenvalue weighted by atomic mass is 16.5. The normalized spacial score (nSPS) is 10.9. The van der Waals surface area contributed by atoms with Crippen LogP contribution in [0.15, 0.2) is 66.7 Å². The molecule has 0 radical (unpaired) electrons. The van der Waals surface area contributed by atoms with Crippen LogP contribution in [0.25, 0.3) is 11.1 Å². The van der Waals surface area contributed by atoms with E-state index in [4.69, 9.17) is 14.2 Å². The molecule has 0 fully saturated rings. The highest BCUT2D eigenvalue weighted by Gasteiger charge is 2.17. The van der Waals surface area contributed by atoms with Gasteiger partial charge in [0.15, 0.2) is 0 Å². The van der Waals surface area contributed by atoms with Gasteiger partial charge in [0.2, 0.25) is 0 Å². The summed E-state index contributed by atoms with van der Waals surface area (Å²) in [7, 11) is 0. The number of rotatable bonds is 23. The van der Waals surface area contributed by atoms with Gasteiger partial charge >= 0.3 is 11.9 Å². The van der Waals surface area contributed by atoms with Crippen LogP contribution in [-0.4, -0.2) is 30.3 Å². The number of aromatic carboxylic acids is 1. The van der Waals surface area contributed by atoms with Gasteiger partial charge in [-0.15, -0.1) is 0 Å². The fraction of sp³-hybridized carbons (Fsp3) is 0.487. The minimum Gasteiger partial charge on any atom is -0.494 e.